The Kier molecular flexibility index (Phi) is 3.85. The first-order valence-corrected chi connectivity index (χ1v) is 7.82. The smallest absolute Gasteiger partial charge is 0.344 e. The molecule has 0 spiro atoms. The quantitative estimate of drug-likeness (QED) is 0.684. The van der Waals surface area contributed by atoms with E-state index in [4.69, 9.17) is 9.47 Å². The molecule has 106 valence electrons. The van der Waals surface area contributed by atoms with E-state index in [0.29, 0.717) is 6.61 Å². The standard InChI is InChI=1S/C14H15NO3S2/c1-2-17-13(16)7-18-11-5-3-4-9-10(11)6-12-14(9)15(19)8-20-12/h3-5,19H,2,6-8H2,1H3. The highest BCUT2D eigenvalue weighted by Gasteiger charge is 2.32. The zero-order valence-corrected chi connectivity index (χ0v) is 12.8. The van der Waals surface area contributed by atoms with E-state index in [1.165, 1.54) is 10.6 Å². The predicted molar refractivity (Wildman–Crippen MR) is 82.5 cm³/mol. The lowest BCUT2D eigenvalue weighted by Gasteiger charge is -2.16. The highest BCUT2D eigenvalue weighted by molar-refractivity contribution is 8.04. The van der Waals surface area contributed by atoms with Gasteiger partial charge in [-0.3, -0.25) is 0 Å². The molecule has 6 heteroatoms. The van der Waals surface area contributed by atoms with E-state index in [1.54, 1.807) is 18.7 Å². The summed E-state index contributed by atoms with van der Waals surface area (Å²) in [6.45, 7) is 2.11. The van der Waals surface area contributed by atoms with Crippen molar-refractivity contribution in [3.63, 3.8) is 0 Å². The molecule has 0 N–H and O–H groups in total. The van der Waals surface area contributed by atoms with Crippen LogP contribution in [0.15, 0.2) is 23.1 Å². The van der Waals surface area contributed by atoms with Crippen molar-refractivity contribution in [1.29, 1.82) is 0 Å². The van der Waals surface area contributed by atoms with Crippen molar-refractivity contribution in [3.05, 3.63) is 34.2 Å². The number of rotatable bonds is 4. The van der Waals surface area contributed by atoms with Crippen LogP contribution >= 0.6 is 24.6 Å². The van der Waals surface area contributed by atoms with Crippen molar-refractivity contribution in [2.45, 2.75) is 13.3 Å². The van der Waals surface area contributed by atoms with Crippen LogP contribution < -0.4 is 4.74 Å². The van der Waals surface area contributed by atoms with Crippen LogP contribution in [0.1, 0.15) is 18.1 Å². The second-order valence-electron chi connectivity index (χ2n) is 4.50. The highest BCUT2D eigenvalue weighted by Crippen LogP contribution is 2.49. The summed E-state index contributed by atoms with van der Waals surface area (Å²) in [6.07, 6.45) is 0.853. The van der Waals surface area contributed by atoms with E-state index in [2.05, 4.69) is 18.9 Å². The van der Waals surface area contributed by atoms with Crippen LogP contribution in [0, 0.1) is 0 Å². The van der Waals surface area contributed by atoms with Crippen LogP contribution in [0.25, 0.3) is 5.70 Å². The number of ether oxygens (including phenoxy) is 2. The maximum Gasteiger partial charge on any atom is 0.344 e. The Morgan fingerprint density at radius 3 is 3.15 bits per heavy atom. The van der Waals surface area contributed by atoms with Crippen LogP contribution in [0.2, 0.25) is 0 Å². The van der Waals surface area contributed by atoms with Gasteiger partial charge in [-0.1, -0.05) is 24.9 Å². The Bertz CT molecular complexity index is 586. The fourth-order valence-electron chi connectivity index (χ4n) is 2.44. The Morgan fingerprint density at radius 1 is 1.50 bits per heavy atom. The third kappa shape index (κ3) is 2.38. The van der Waals surface area contributed by atoms with Crippen LogP contribution in [-0.4, -0.2) is 29.4 Å². The second-order valence-corrected chi connectivity index (χ2v) is 6.02. The first kappa shape index (κ1) is 13.7. The van der Waals surface area contributed by atoms with Gasteiger partial charge >= 0.3 is 5.97 Å². The monoisotopic (exact) mass is 309 g/mol. The van der Waals surface area contributed by atoms with Crippen molar-refractivity contribution < 1.29 is 14.3 Å². The van der Waals surface area contributed by atoms with Gasteiger partial charge in [0.2, 0.25) is 0 Å². The maximum atomic E-state index is 11.4. The molecule has 0 bridgehead atoms. The third-order valence-corrected chi connectivity index (χ3v) is 4.87. The number of esters is 1. The molecule has 0 radical (unpaired) electrons. The Balaban J connectivity index is 1.79. The number of nitrogens with zero attached hydrogens (tertiary/aromatic N) is 1. The predicted octanol–water partition coefficient (Wildman–Crippen LogP) is 2.70. The number of carbonyl (C=O) groups excluding carboxylic acids is 1. The zero-order valence-electron chi connectivity index (χ0n) is 11.1. The first-order chi connectivity index (χ1) is 9.70. The number of thioether (sulfide) groups is 1. The largest absolute Gasteiger partial charge is 0.482 e. The second kappa shape index (κ2) is 5.61. The fourth-order valence-corrected chi connectivity index (χ4v) is 3.92. The summed E-state index contributed by atoms with van der Waals surface area (Å²) in [5.41, 5.74) is 3.46. The number of carbonyl (C=O) groups is 1. The summed E-state index contributed by atoms with van der Waals surface area (Å²) < 4.78 is 12.4. The van der Waals surface area contributed by atoms with Crippen molar-refractivity contribution >= 4 is 36.2 Å². The average Bonchev–Trinajstić information content (AvgIpc) is 2.97. The molecule has 0 amide bonds. The van der Waals surface area contributed by atoms with Gasteiger partial charge in [-0.05, 0) is 13.0 Å². The lowest BCUT2D eigenvalue weighted by Crippen LogP contribution is -2.15. The molecular weight excluding hydrogens is 294 g/mol. The summed E-state index contributed by atoms with van der Waals surface area (Å²) in [7, 11) is 0. The molecule has 1 heterocycles. The van der Waals surface area contributed by atoms with Crippen LogP contribution in [0.4, 0.5) is 0 Å². The van der Waals surface area contributed by atoms with Crippen LogP contribution in [0.3, 0.4) is 0 Å². The molecule has 0 saturated carbocycles. The molecule has 3 rings (SSSR count). The highest BCUT2D eigenvalue weighted by atomic mass is 32.2. The lowest BCUT2D eigenvalue weighted by molar-refractivity contribution is -0.145. The van der Waals surface area contributed by atoms with Gasteiger partial charge in [0.25, 0.3) is 0 Å². The van der Waals surface area contributed by atoms with Gasteiger partial charge in [0, 0.05) is 22.5 Å². The van der Waals surface area contributed by atoms with Gasteiger partial charge in [-0.25, -0.2) is 4.79 Å². The molecule has 0 saturated heterocycles. The molecule has 0 fully saturated rings. The molecule has 0 aromatic heterocycles. The van der Waals surface area contributed by atoms with E-state index in [-0.39, 0.29) is 12.6 Å². The average molecular weight is 309 g/mol. The molecule has 20 heavy (non-hydrogen) atoms. The third-order valence-electron chi connectivity index (χ3n) is 3.26. The minimum Gasteiger partial charge on any atom is -0.482 e. The Labute approximate surface area is 127 Å². The first-order valence-electron chi connectivity index (χ1n) is 6.43. The molecule has 1 aliphatic carbocycles. The van der Waals surface area contributed by atoms with E-state index in [1.807, 2.05) is 16.4 Å². The minimum absolute atomic E-state index is 0.0489. The van der Waals surface area contributed by atoms with Gasteiger partial charge in [0.1, 0.15) is 5.75 Å². The molecular formula is C14H15NO3S2. The fraction of sp³-hybridized carbons (Fsp3) is 0.357. The summed E-state index contributed by atoms with van der Waals surface area (Å²) in [4.78, 5) is 12.7. The van der Waals surface area contributed by atoms with Crippen molar-refractivity contribution in [1.82, 2.24) is 4.31 Å². The summed E-state index contributed by atoms with van der Waals surface area (Å²) in [5, 5.41) is 0. The van der Waals surface area contributed by atoms with Crippen molar-refractivity contribution in [2.24, 2.45) is 0 Å². The molecule has 1 aromatic rings. The number of allylic oxidation sites excluding steroid dienone is 1. The van der Waals surface area contributed by atoms with Crippen LogP contribution in [-0.2, 0) is 16.0 Å². The van der Waals surface area contributed by atoms with Gasteiger partial charge in [-0.2, -0.15) is 0 Å². The number of fused-ring (bicyclic) bond motifs is 2. The molecule has 1 aromatic carbocycles. The molecule has 0 unspecified atom stereocenters. The number of hydrogen-bond donors (Lipinski definition) is 1. The van der Waals surface area contributed by atoms with E-state index in [9.17, 15) is 4.79 Å². The Morgan fingerprint density at radius 2 is 2.35 bits per heavy atom. The van der Waals surface area contributed by atoms with Crippen molar-refractivity contribution in [2.75, 3.05) is 19.1 Å². The Hall–Kier alpha value is -1.27. The summed E-state index contributed by atoms with van der Waals surface area (Å²) in [6, 6.07) is 5.91. The normalized spacial score (nSPS) is 16.2. The number of hydrogen-bond acceptors (Lipinski definition) is 6. The van der Waals surface area contributed by atoms with Crippen LogP contribution in [0.5, 0.6) is 5.75 Å². The van der Waals surface area contributed by atoms with Gasteiger partial charge in [0.05, 0.1) is 18.2 Å². The van der Waals surface area contributed by atoms with E-state index in [0.717, 1.165) is 29.2 Å². The van der Waals surface area contributed by atoms with E-state index >= 15 is 0 Å². The number of thiol groups is 1. The van der Waals surface area contributed by atoms with Gasteiger partial charge in [0.15, 0.2) is 6.61 Å². The van der Waals surface area contributed by atoms with E-state index < -0.39 is 0 Å². The summed E-state index contributed by atoms with van der Waals surface area (Å²) >= 11 is 6.28. The molecule has 1 aliphatic heterocycles. The van der Waals surface area contributed by atoms with Gasteiger partial charge < -0.3 is 13.8 Å². The molecule has 0 atom stereocenters. The molecule has 4 nitrogen and oxygen atoms in total. The van der Waals surface area contributed by atoms with Crippen molar-refractivity contribution in [3.8, 4) is 5.75 Å². The zero-order chi connectivity index (χ0) is 14.1. The SMILES string of the molecule is CCOC(=O)COc1cccc2c1CC1=C2N(S)CS1. The minimum atomic E-state index is -0.339. The maximum absolute atomic E-state index is 11.4. The van der Waals surface area contributed by atoms with Gasteiger partial charge in [-0.15, -0.1) is 11.8 Å². The molecule has 2 aliphatic rings. The topological polar surface area (TPSA) is 38.8 Å². The lowest BCUT2D eigenvalue weighted by atomic mass is 10.1. The summed E-state index contributed by atoms with van der Waals surface area (Å²) in [5.74, 6) is 1.29. The number of benzene rings is 1.